The summed E-state index contributed by atoms with van der Waals surface area (Å²) >= 11 is 0. The van der Waals surface area contributed by atoms with Gasteiger partial charge in [0.25, 0.3) is 5.91 Å². The van der Waals surface area contributed by atoms with Gasteiger partial charge in [0.05, 0.1) is 12.2 Å². The maximum atomic E-state index is 12.4. The second kappa shape index (κ2) is 7.22. The van der Waals surface area contributed by atoms with E-state index in [0.29, 0.717) is 23.2 Å². The molecule has 1 heterocycles. The third-order valence-electron chi connectivity index (χ3n) is 2.82. The van der Waals surface area contributed by atoms with Crippen molar-refractivity contribution in [2.24, 2.45) is 0 Å². The van der Waals surface area contributed by atoms with Crippen LogP contribution >= 0.6 is 0 Å². The van der Waals surface area contributed by atoms with Crippen molar-refractivity contribution in [3.05, 3.63) is 59.4 Å². The number of carbonyl (C=O) groups excluding carboxylic acids is 1. The fourth-order valence-electron chi connectivity index (χ4n) is 1.80. The van der Waals surface area contributed by atoms with Crippen LogP contribution in [0.2, 0.25) is 0 Å². The van der Waals surface area contributed by atoms with Gasteiger partial charge in [-0.05, 0) is 31.2 Å². The number of benzene rings is 1. The van der Waals surface area contributed by atoms with Gasteiger partial charge in [-0.3, -0.25) is 9.78 Å². The van der Waals surface area contributed by atoms with Gasteiger partial charge < -0.3 is 10.4 Å². The fraction of sp³-hybridized carbons (Fsp3) is 0.176. The molecule has 0 aliphatic heterocycles. The van der Waals surface area contributed by atoms with Gasteiger partial charge in [0.15, 0.2) is 0 Å². The molecule has 0 fully saturated rings. The van der Waals surface area contributed by atoms with Crippen LogP contribution in [0.4, 0.5) is 5.69 Å². The number of amides is 1. The third kappa shape index (κ3) is 4.16. The number of aliphatic hydroxyl groups is 1. The number of rotatable bonds is 3. The second-order valence-electron chi connectivity index (χ2n) is 4.51. The Hall–Kier alpha value is -2.64. The summed E-state index contributed by atoms with van der Waals surface area (Å²) in [4.78, 5) is 16.3. The summed E-state index contributed by atoms with van der Waals surface area (Å²) in [6.45, 7) is 1.94. The van der Waals surface area contributed by atoms with E-state index in [2.05, 4.69) is 22.1 Å². The van der Waals surface area contributed by atoms with Crippen LogP contribution in [0.25, 0.3) is 0 Å². The smallest absolute Gasteiger partial charge is 0.256 e. The Kier molecular flexibility index (Phi) is 5.08. The standard InChI is InChI=1S/C17H16N2O2/c1-13-5-6-14(4-2-3-11-20)16(12-13)17(21)19-15-7-9-18-10-8-15/h5-10,12,20H,3,11H2,1H3,(H,18,19,21). The zero-order valence-corrected chi connectivity index (χ0v) is 11.8. The van der Waals surface area contributed by atoms with Gasteiger partial charge in [-0.2, -0.15) is 0 Å². The van der Waals surface area contributed by atoms with Crippen molar-refractivity contribution in [3.8, 4) is 11.8 Å². The van der Waals surface area contributed by atoms with E-state index in [1.165, 1.54) is 0 Å². The summed E-state index contributed by atoms with van der Waals surface area (Å²) in [7, 11) is 0. The zero-order chi connectivity index (χ0) is 15.1. The molecule has 2 aromatic rings. The summed E-state index contributed by atoms with van der Waals surface area (Å²) in [5.74, 6) is 5.55. The molecule has 0 aliphatic rings. The lowest BCUT2D eigenvalue weighted by Crippen LogP contribution is -2.13. The molecule has 2 N–H and O–H groups in total. The number of hydrogen-bond donors (Lipinski definition) is 2. The van der Waals surface area contributed by atoms with Crippen molar-refractivity contribution >= 4 is 11.6 Å². The average Bonchev–Trinajstić information content (AvgIpc) is 2.50. The van der Waals surface area contributed by atoms with Crippen LogP contribution in [0.5, 0.6) is 0 Å². The molecular formula is C17H16N2O2. The number of anilines is 1. The number of carbonyl (C=O) groups is 1. The molecule has 4 heteroatoms. The van der Waals surface area contributed by atoms with Gasteiger partial charge in [-0.1, -0.05) is 23.5 Å². The Morgan fingerprint density at radius 1 is 1.29 bits per heavy atom. The first-order valence-corrected chi connectivity index (χ1v) is 6.62. The summed E-state index contributed by atoms with van der Waals surface area (Å²) in [5.41, 5.74) is 2.85. The van der Waals surface area contributed by atoms with Crippen molar-refractivity contribution in [1.29, 1.82) is 0 Å². The van der Waals surface area contributed by atoms with Crippen molar-refractivity contribution in [2.75, 3.05) is 11.9 Å². The van der Waals surface area contributed by atoms with E-state index in [9.17, 15) is 4.79 Å². The average molecular weight is 280 g/mol. The van der Waals surface area contributed by atoms with Crippen molar-refractivity contribution < 1.29 is 9.90 Å². The Balaban J connectivity index is 2.27. The second-order valence-corrected chi connectivity index (χ2v) is 4.51. The molecular weight excluding hydrogens is 264 g/mol. The van der Waals surface area contributed by atoms with Gasteiger partial charge in [-0.25, -0.2) is 0 Å². The highest BCUT2D eigenvalue weighted by molar-refractivity contribution is 6.06. The highest BCUT2D eigenvalue weighted by Gasteiger charge is 2.10. The van der Waals surface area contributed by atoms with Crippen molar-refractivity contribution in [2.45, 2.75) is 13.3 Å². The largest absolute Gasteiger partial charge is 0.395 e. The topological polar surface area (TPSA) is 62.2 Å². The Bertz CT molecular complexity index is 685. The molecule has 0 saturated heterocycles. The summed E-state index contributed by atoms with van der Waals surface area (Å²) in [5, 5.41) is 11.6. The molecule has 21 heavy (non-hydrogen) atoms. The third-order valence-corrected chi connectivity index (χ3v) is 2.82. The summed E-state index contributed by atoms with van der Waals surface area (Å²) < 4.78 is 0. The minimum Gasteiger partial charge on any atom is -0.395 e. The van der Waals surface area contributed by atoms with E-state index in [1.54, 1.807) is 30.6 Å². The molecule has 1 aromatic heterocycles. The maximum Gasteiger partial charge on any atom is 0.256 e. The predicted octanol–water partition coefficient (Wildman–Crippen LogP) is 2.38. The SMILES string of the molecule is Cc1ccc(C#CCCO)c(C(=O)Nc2ccncc2)c1. The van der Waals surface area contributed by atoms with Crippen LogP contribution in [0, 0.1) is 18.8 Å². The summed E-state index contributed by atoms with van der Waals surface area (Å²) in [6.07, 6.45) is 3.63. The van der Waals surface area contributed by atoms with Gasteiger partial charge in [0.2, 0.25) is 0 Å². The summed E-state index contributed by atoms with van der Waals surface area (Å²) in [6, 6.07) is 8.99. The first-order valence-electron chi connectivity index (χ1n) is 6.62. The Morgan fingerprint density at radius 2 is 2.05 bits per heavy atom. The highest BCUT2D eigenvalue weighted by Crippen LogP contribution is 2.14. The van der Waals surface area contributed by atoms with E-state index >= 15 is 0 Å². The number of aliphatic hydroxyl groups excluding tert-OH is 1. The number of hydrogen-bond acceptors (Lipinski definition) is 3. The first-order chi connectivity index (χ1) is 10.2. The van der Waals surface area contributed by atoms with Crippen LogP contribution in [-0.2, 0) is 0 Å². The van der Waals surface area contributed by atoms with E-state index in [4.69, 9.17) is 5.11 Å². The van der Waals surface area contributed by atoms with E-state index in [1.807, 2.05) is 19.1 Å². The molecule has 0 aliphatic carbocycles. The Morgan fingerprint density at radius 3 is 2.76 bits per heavy atom. The number of nitrogens with one attached hydrogen (secondary N) is 1. The van der Waals surface area contributed by atoms with Crippen molar-refractivity contribution in [3.63, 3.8) is 0 Å². The molecule has 0 radical (unpaired) electrons. The lowest BCUT2D eigenvalue weighted by atomic mass is 10.0. The minimum atomic E-state index is -0.210. The number of aromatic nitrogens is 1. The van der Waals surface area contributed by atoms with Crippen LogP contribution in [0.3, 0.4) is 0 Å². The molecule has 4 nitrogen and oxygen atoms in total. The molecule has 0 atom stereocenters. The van der Waals surface area contributed by atoms with Gasteiger partial charge in [-0.15, -0.1) is 0 Å². The fourth-order valence-corrected chi connectivity index (χ4v) is 1.80. The molecule has 0 unspecified atom stereocenters. The van der Waals surface area contributed by atoms with E-state index in [-0.39, 0.29) is 12.5 Å². The van der Waals surface area contributed by atoms with E-state index < -0.39 is 0 Å². The monoisotopic (exact) mass is 280 g/mol. The minimum absolute atomic E-state index is 0.0113. The normalized spacial score (nSPS) is 9.62. The van der Waals surface area contributed by atoms with Crippen LogP contribution in [0.1, 0.15) is 27.9 Å². The number of aryl methyl sites for hydroxylation is 1. The maximum absolute atomic E-state index is 12.4. The molecule has 0 bridgehead atoms. The van der Waals surface area contributed by atoms with Crippen LogP contribution < -0.4 is 5.32 Å². The highest BCUT2D eigenvalue weighted by atomic mass is 16.2. The Labute approximate surface area is 123 Å². The zero-order valence-electron chi connectivity index (χ0n) is 11.8. The quantitative estimate of drug-likeness (QED) is 0.849. The molecule has 106 valence electrons. The lowest BCUT2D eigenvalue weighted by molar-refractivity contribution is 0.102. The number of nitrogens with zero attached hydrogens (tertiary/aromatic N) is 1. The van der Waals surface area contributed by atoms with Gasteiger partial charge in [0.1, 0.15) is 0 Å². The number of pyridine rings is 1. The van der Waals surface area contributed by atoms with E-state index in [0.717, 1.165) is 5.56 Å². The van der Waals surface area contributed by atoms with Gasteiger partial charge >= 0.3 is 0 Å². The van der Waals surface area contributed by atoms with Crippen molar-refractivity contribution in [1.82, 2.24) is 4.98 Å². The predicted molar refractivity (Wildman–Crippen MR) is 82.0 cm³/mol. The molecule has 0 saturated carbocycles. The molecule has 0 spiro atoms. The molecule has 1 amide bonds. The van der Waals surface area contributed by atoms with Gasteiger partial charge in [0, 0.05) is 30.1 Å². The first kappa shape index (κ1) is 14.8. The molecule has 1 aromatic carbocycles. The lowest BCUT2D eigenvalue weighted by Gasteiger charge is -2.07. The van der Waals surface area contributed by atoms with Crippen LogP contribution in [0.15, 0.2) is 42.7 Å². The van der Waals surface area contributed by atoms with Crippen LogP contribution in [-0.4, -0.2) is 22.6 Å². The molecule has 2 rings (SSSR count).